The minimum Gasteiger partial charge on any atom is -0.347 e. The van der Waals surface area contributed by atoms with Gasteiger partial charge in [-0.15, -0.1) is 11.3 Å². The summed E-state index contributed by atoms with van der Waals surface area (Å²) in [5.74, 6) is 0.951. The summed E-state index contributed by atoms with van der Waals surface area (Å²) >= 11 is 1.57. The number of rotatable bonds is 6. The first kappa shape index (κ1) is 19.3. The van der Waals surface area contributed by atoms with E-state index in [0.29, 0.717) is 6.04 Å². The number of carbonyl (C=O) groups is 1. The Balaban J connectivity index is 1.25. The zero-order valence-corrected chi connectivity index (χ0v) is 17.3. The van der Waals surface area contributed by atoms with Gasteiger partial charge in [0.15, 0.2) is 0 Å². The van der Waals surface area contributed by atoms with E-state index < -0.39 is 0 Å². The number of carbonyl (C=O) groups excluding carboxylic acids is 1. The number of aromatic nitrogens is 1. The van der Waals surface area contributed by atoms with E-state index in [1.807, 2.05) is 0 Å². The molecule has 1 aromatic rings. The van der Waals surface area contributed by atoms with E-state index in [4.69, 9.17) is 0 Å². The van der Waals surface area contributed by atoms with Gasteiger partial charge < -0.3 is 10.2 Å². The van der Waals surface area contributed by atoms with E-state index >= 15 is 0 Å². The lowest BCUT2D eigenvalue weighted by atomic mass is 9.88. The number of amides is 1. The van der Waals surface area contributed by atoms with Crippen molar-refractivity contribution in [2.24, 2.45) is 5.92 Å². The average molecular weight is 391 g/mol. The fourth-order valence-corrected chi connectivity index (χ4v) is 5.81. The first-order valence-corrected chi connectivity index (χ1v) is 11.8. The highest BCUT2D eigenvalue weighted by atomic mass is 32.1. The zero-order valence-electron chi connectivity index (χ0n) is 16.5. The number of nitrogens with zero attached hydrogens (tertiary/aromatic N) is 3. The molecule has 150 valence electrons. The smallest absolute Gasteiger partial charge is 0.263 e. The second kappa shape index (κ2) is 9.48. The van der Waals surface area contributed by atoms with Crippen molar-refractivity contribution in [1.82, 2.24) is 20.1 Å². The summed E-state index contributed by atoms with van der Waals surface area (Å²) in [7, 11) is 0. The molecule has 2 saturated heterocycles. The van der Waals surface area contributed by atoms with Crippen LogP contribution in [0.5, 0.6) is 0 Å². The maximum absolute atomic E-state index is 12.7. The SMILES string of the molecule is O=C(NC1CCCN(CC2CCCCC2)C1)c1cnc(CN2CCCC2)s1. The van der Waals surface area contributed by atoms with Gasteiger partial charge >= 0.3 is 0 Å². The van der Waals surface area contributed by atoms with Gasteiger partial charge in [-0.2, -0.15) is 0 Å². The third-order valence-corrected chi connectivity index (χ3v) is 7.40. The van der Waals surface area contributed by atoms with Crippen molar-refractivity contribution in [3.05, 3.63) is 16.1 Å². The van der Waals surface area contributed by atoms with E-state index in [-0.39, 0.29) is 5.91 Å². The molecule has 3 fully saturated rings. The van der Waals surface area contributed by atoms with Gasteiger partial charge in [0.05, 0.1) is 12.7 Å². The molecule has 3 aliphatic rings. The molecule has 1 saturated carbocycles. The molecule has 1 amide bonds. The number of nitrogens with one attached hydrogen (secondary N) is 1. The molecule has 0 radical (unpaired) electrons. The molecule has 4 rings (SSSR count). The summed E-state index contributed by atoms with van der Waals surface area (Å²) < 4.78 is 0. The molecule has 2 aliphatic heterocycles. The topological polar surface area (TPSA) is 48.5 Å². The van der Waals surface area contributed by atoms with Gasteiger partial charge in [-0.1, -0.05) is 19.3 Å². The van der Waals surface area contributed by atoms with Crippen LogP contribution < -0.4 is 5.32 Å². The molecular weight excluding hydrogens is 356 g/mol. The Labute approximate surface area is 167 Å². The Morgan fingerprint density at radius 1 is 1.04 bits per heavy atom. The van der Waals surface area contributed by atoms with Crippen molar-refractivity contribution >= 4 is 17.2 Å². The van der Waals surface area contributed by atoms with Crippen molar-refractivity contribution in [2.45, 2.75) is 70.4 Å². The lowest BCUT2D eigenvalue weighted by molar-refractivity contribution is 0.0894. The lowest BCUT2D eigenvalue weighted by Gasteiger charge is -2.36. The van der Waals surface area contributed by atoms with Crippen LogP contribution in [0.2, 0.25) is 0 Å². The van der Waals surface area contributed by atoms with Gasteiger partial charge in [0.1, 0.15) is 9.88 Å². The van der Waals surface area contributed by atoms with E-state index in [1.54, 1.807) is 17.5 Å². The van der Waals surface area contributed by atoms with Gasteiger partial charge in [0.2, 0.25) is 0 Å². The van der Waals surface area contributed by atoms with Crippen LogP contribution in [-0.2, 0) is 6.54 Å². The summed E-state index contributed by atoms with van der Waals surface area (Å²) in [5, 5.41) is 4.36. The lowest BCUT2D eigenvalue weighted by Crippen LogP contribution is -2.48. The van der Waals surface area contributed by atoms with Gasteiger partial charge in [-0.25, -0.2) is 4.98 Å². The minimum absolute atomic E-state index is 0.0738. The number of likely N-dealkylation sites (tertiary alicyclic amines) is 2. The van der Waals surface area contributed by atoms with Crippen molar-refractivity contribution in [3.8, 4) is 0 Å². The second-order valence-electron chi connectivity index (χ2n) is 8.68. The summed E-state index contributed by atoms with van der Waals surface area (Å²) in [6.45, 7) is 6.68. The molecule has 3 heterocycles. The molecular formula is C21H34N4OS. The van der Waals surface area contributed by atoms with E-state index in [2.05, 4.69) is 20.1 Å². The first-order chi connectivity index (χ1) is 13.3. The van der Waals surface area contributed by atoms with Crippen LogP contribution in [0.4, 0.5) is 0 Å². The van der Waals surface area contributed by atoms with Crippen LogP contribution in [0, 0.1) is 5.92 Å². The number of hydrogen-bond donors (Lipinski definition) is 1. The maximum Gasteiger partial charge on any atom is 0.263 e. The summed E-state index contributed by atoms with van der Waals surface area (Å²) in [4.78, 5) is 23.0. The van der Waals surface area contributed by atoms with Crippen LogP contribution in [-0.4, -0.2) is 59.5 Å². The van der Waals surface area contributed by atoms with Crippen molar-refractivity contribution < 1.29 is 4.79 Å². The number of piperidine rings is 1. The van der Waals surface area contributed by atoms with Gasteiger partial charge in [0.25, 0.3) is 5.91 Å². The molecule has 1 aromatic heterocycles. The second-order valence-corrected chi connectivity index (χ2v) is 9.79. The molecule has 5 nitrogen and oxygen atoms in total. The Kier molecular flexibility index (Phi) is 6.79. The number of hydrogen-bond acceptors (Lipinski definition) is 5. The summed E-state index contributed by atoms with van der Waals surface area (Å²) in [6.07, 6.45) is 13.7. The molecule has 1 N–H and O–H groups in total. The third kappa shape index (κ3) is 5.52. The molecule has 0 spiro atoms. The standard InChI is InChI=1S/C21H34N4OS/c26-21(19-13-22-20(27-19)16-24-10-4-5-11-24)23-18-9-6-12-25(15-18)14-17-7-2-1-3-8-17/h13,17-18H,1-12,14-16H2,(H,23,26). The quantitative estimate of drug-likeness (QED) is 0.807. The Morgan fingerprint density at radius 3 is 2.63 bits per heavy atom. The largest absolute Gasteiger partial charge is 0.347 e. The molecule has 1 atom stereocenters. The maximum atomic E-state index is 12.7. The van der Waals surface area contributed by atoms with E-state index in [1.165, 1.54) is 77.5 Å². The monoisotopic (exact) mass is 390 g/mol. The van der Waals surface area contributed by atoms with Gasteiger partial charge in [0, 0.05) is 19.1 Å². The summed E-state index contributed by atoms with van der Waals surface area (Å²) in [5.41, 5.74) is 0. The highest BCUT2D eigenvalue weighted by Crippen LogP contribution is 2.25. The van der Waals surface area contributed by atoms with E-state index in [0.717, 1.165) is 35.3 Å². The third-order valence-electron chi connectivity index (χ3n) is 6.42. The summed E-state index contributed by atoms with van der Waals surface area (Å²) in [6, 6.07) is 0.291. The van der Waals surface area contributed by atoms with Crippen LogP contribution in [0.25, 0.3) is 0 Å². The van der Waals surface area contributed by atoms with Crippen LogP contribution in [0.1, 0.15) is 72.5 Å². The van der Waals surface area contributed by atoms with E-state index in [9.17, 15) is 4.79 Å². The predicted octanol–water partition coefficient (Wildman–Crippen LogP) is 3.51. The minimum atomic E-state index is 0.0738. The highest BCUT2D eigenvalue weighted by molar-refractivity contribution is 7.13. The van der Waals surface area contributed by atoms with Crippen LogP contribution >= 0.6 is 11.3 Å². The molecule has 0 bridgehead atoms. The van der Waals surface area contributed by atoms with Gasteiger partial charge in [-0.05, 0) is 64.1 Å². The average Bonchev–Trinajstić information content (AvgIpc) is 3.35. The normalized spacial score (nSPS) is 25.7. The first-order valence-electron chi connectivity index (χ1n) is 11.0. The van der Waals surface area contributed by atoms with Crippen molar-refractivity contribution in [3.63, 3.8) is 0 Å². The molecule has 1 aliphatic carbocycles. The van der Waals surface area contributed by atoms with Gasteiger partial charge in [-0.3, -0.25) is 9.69 Å². The zero-order chi connectivity index (χ0) is 18.5. The Hall–Kier alpha value is -0.980. The Bertz CT molecular complexity index is 607. The van der Waals surface area contributed by atoms with Crippen molar-refractivity contribution in [1.29, 1.82) is 0 Å². The fourth-order valence-electron chi connectivity index (χ4n) is 4.95. The molecule has 27 heavy (non-hydrogen) atoms. The Morgan fingerprint density at radius 2 is 1.81 bits per heavy atom. The number of thiazole rings is 1. The molecule has 1 unspecified atom stereocenters. The fraction of sp³-hybridized carbons (Fsp3) is 0.810. The van der Waals surface area contributed by atoms with Crippen molar-refractivity contribution in [2.75, 3.05) is 32.7 Å². The van der Waals surface area contributed by atoms with Crippen LogP contribution in [0.3, 0.4) is 0 Å². The highest BCUT2D eigenvalue weighted by Gasteiger charge is 2.25. The van der Waals surface area contributed by atoms with Crippen LogP contribution in [0.15, 0.2) is 6.20 Å². The molecule has 6 heteroatoms. The predicted molar refractivity (Wildman–Crippen MR) is 110 cm³/mol. The molecule has 0 aromatic carbocycles.